The summed E-state index contributed by atoms with van der Waals surface area (Å²) >= 11 is 0. The average Bonchev–Trinajstić information content (AvgIpc) is 2.68. The fourth-order valence-electron chi connectivity index (χ4n) is 2.01. The zero-order valence-electron chi connectivity index (χ0n) is 8.45. The van der Waals surface area contributed by atoms with Crippen LogP contribution in [0, 0.1) is 0 Å². The zero-order chi connectivity index (χ0) is 10.4. The Morgan fingerprint density at radius 1 is 1.40 bits per heavy atom. The number of fused-ring (bicyclic) bond motifs is 1. The molecule has 2 aliphatic heterocycles. The number of Topliss-reactive ketones (excluding diaryl/α,β-unsaturated/α-hetero) is 1. The summed E-state index contributed by atoms with van der Waals surface area (Å²) in [4.78, 5) is 14.0. The number of ether oxygens (including phenoxy) is 2. The van der Waals surface area contributed by atoms with Crippen molar-refractivity contribution in [1.29, 1.82) is 0 Å². The zero-order valence-corrected chi connectivity index (χ0v) is 8.45. The molecule has 4 nitrogen and oxygen atoms in total. The third-order valence-electron chi connectivity index (χ3n) is 2.83. The van der Waals surface area contributed by atoms with Crippen molar-refractivity contribution in [1.82, 2.24) is 4.90 Å². The van der Waals surface area contributed by atoms with Gasteiger partial charge in [-0.2, -0.15) is 0 Å². The minimum atomic E-state index is -0.0495. The van der Waals surface area contributed by atoms with Crippen LogP contribution in [-0.2, 0) is 14.3 Å². The van der Waals surface area contributed by atoms with Crippen molar-refractivity contribution in [3.63, 3.8) is 0 Å². The molecular formula is C11H11NO3. The van der Waals surface area contributed by atoms with E-state index in [4.69, 9.17) is 9.47 Å². The van der Waals surface area contributed by atoms with Crippen molar-refractivity contribution in [2.45, 2.75) is 6.42 Å². The van der Waals surface area contributed by atoms with Crippen LogP contribution in [0.15, 0.2) is 34.9 Å². The molecule has 0 radical (unpaired) electrons. The van der Waals surface area contributed by atoms with Gasteiger partial charge in [-0.25, -0.2) is 0 Å². The summed E-state index contributed by atoms with van der Waals surface area (Å²) in [6.45, 7) is 1.09. The molecule has 2 heterocycles. The summed E-state index contributed by atoms with van der Waals surface area (Å²) in [6, 6.07) is 0. The minimum Gasteiger partial charge on any atom is -0.453 e. The highest BCUT2D eigenvalue weighted by Gasteiger charge is 2.33. The molecule has 0 fully saturated rings. The van der Waals surface area contributed by atoms with Crippen molar-refractivity contribution in [2.24, 2.45) is 0 Å². The van der Waals surface area contributed by atoms with Crippen LogP contribution in [0.1, 0.15) is 6.42 Å². The van der Waals surface area contributed by atoms with Gasteiger partial charge in [0.25, 0.3) is 0 Å². The van der Waals surface area contributed by atoms with Crippen molar-refractivity contribution < 1.29 is 14.3 Å². The van der Waals surface area contributed by atoms with Gasteiger partial charge in [-0.1, -0.05) is 0 Å². The summed E-state index contributed by atoms with van der Waals surface area (Å²) in [7, 11) is 1.97. The van der Waals surface area contributed by atoms with E-state index in [1.54, 1.807) is 0 Å². The molecule has 78 valence electrons. The van der Waals surface area contributed by atoms with Crippen molar-refractivity contribution in [2.75, 3.05) is 20.4 Å². The molecule has 0 amide bonds. The van der Waals surface area contributed by atoms with Gasteiger partial charge in [-0.05, 0) is 18.1 Å². The van der Waals surface area contributed by atoms with Gasteiger partial charge in [0.2, 0.25) is 18.3 Å². The number of carbonyl (C=O) groups is 1. The lowest BCUT2D eigenvalue weighted by Crippen LogP contribution is -2.25. The van der Waals surface area contributed by atoms with Crippen LogP contribution < -0.4 is 0 Å². The maximum Gasteiger partial charge on any atom is 0.233 e. The number of hydrogen-bond donors (Lipinski definition) is 0. The van der Waals surface area contributed by atoms with Crippen LogP contribution in [0.5, 0.6) is 0 Å². The van der Waals surface area contributed by atoms with Gasteiger partial charge in [-0.15, -0.1) is 0 Å². The number of ketones is 1. The Morgan fingerprint density at radius 2 is 2.27 bits per heavy atom. The lowest BCUT2D eigenvalue weighted by molar-refractivity contribution is -0.115. The van der Waals surface area contributed by atoms with Gasteiger partial charge in [0.1, 0.15) is 0 Å². The van der Waals surface area contributed by atoms with Crippen molar-refractivity contribution in [3.05, 3.63) is 34.9 Å². The Hall–Kier alpha value is -1.71. The number of carbonyl (C=O) groups excluding carboxylic acids is 1. The second-order valence-electron chi connectivity index (χ2n) is 3.87. The predicted octanol–water partition coefficient (Wildman–Crippen LogP) is 0.931. The average molecular weight is 205 g/mol. The Morgan fingerprint density at radius 3 is 3.13 bits per heavy atom. The molecule has 15 heavy (non-hydrogen) atoms. The summed E-state index contributed by atoms with van der Waals surface area (Å²) in [5.74, 6) is 0.906. The number of hydrogen-bond acceptors (Lipinski definition) is 4. The normalized spacial score (nSPS) is 23.8. The molecule has 0 atom stereocenters. The topological polar surface area (TPSA) is 38.8 Å². The maximum absolute atomic E-state index is 12.0. The third-order valence-corrected chi connectivity index (χ3v) is 2.83. The monoisotopic (exact) mass is 205 g/mol. The molecule has 0 saturated carbocycles. The van der Waals surface area contributed by atoms with Gasteiger partial charge in [0.05, 0.1) is 0 Å². The molecule has 3 rings (SSSR count). The molecule has 0 aromatic heterocycles. The van der Waals surface area contributed by atoms with E-state index in [1.165, 1.54) is 0 Å². The fraction of sp³-hybridized carbons (Fsp3) is 0.364. The smallest absolute Gasteiger partial charge is 0.233 e. The van der Waals surface area contributed by atoms with Crippen LogP contribution >= 0.6 is 0 Å². The number of nitrogens with zero attached hydrogens (tertiary/aromatic N) is 1. The second kappa shape index (κ2) is 2.89. The molecule has 0 aromatic carbocycles. The third kappa shape index (κ3) is 1.17. The van der Waals surface area contributed by atoms with Crippen LogP contribution in [0.3, 0.4) is 0 Å². The number of rotatable bonds is 0. The van der Waals surface area contributed by atoms with Crippen LogP contribution in [0.4, 0.5) is 0 Å². The highest BCUT2D eigenvalue weighted by Crippen LogP contribution is 2.34. The van der Waals surface area contributed by atoms with Gasteiger partial charge < -0.3 is 14.4 Å². The molecule has 0 spiro atoms. The summed E-state index contributed by atoms with van der Waals surface area (Å²) in [5.41, 5.74) is 1.80. The lowest BCUT2D eigenvalue weighted by atomic mass is 9.91. The maximum atomic E-state index is 12.0. The molecule has 0 unspecified atom stereocenters. The van der Waals surface area contributed by atoms with E-state index in [9.17, 15) is 4.79 Å². The quantitative estimate of drug-likeness (QED) is 0.589. The Labute approximate surface area is 87.5 Å². The molecule has 0 saturated heterocycles. The largest absolute Gasteiger partial charge is 0.453 e. The lowest BCUT2D eigenvalue weighted by Gasteiger charge is -2.25. The van der Waals surface area contributed by atoms with Crippen molar-refractivity contribution >= 4 is 5.78 Å². The van der Waals surface area contributed by atoms with E-state index in [-0.39, 0.29) is 12.6 Å². The van der Waals surface area contributed by atoms with Gasteiger partial charge in [0.15, 0.2) is 5.76 Å². The highest BCUT2D eigenvalue weighted by atomic mass is 16.7. The minimum absolute atomic E-state index is 0.0495. The SMILES string of the molecule is CN1C=C2C(=O)C3=C(C=C2CC1)OCO3. The van der Waals surface area contributed by atoms with Crippen molar-refractivity contribution in [3.8, 4) is 0 Å². The van der Waals surface area contributed by atoms with Crippen LogP contribution in [0.25, 0.3) is 0 Å². The summed E-state index contributed by atoms with van der Waals surface area (Å²) in [5, 5.41) is 0. The molecular weight excluding hydrogens is 194 g/mol. The number of allylic oxidation sites excluding steroid dienone is 2. The molecule has 0 aromatic rings. The first-order chi connectivity index (χ1) is 7.25. The Bertz CT molecular complexity index is 431. The summed E-state index contributed by atoms with van der Waals surface area (Å²) < 4.78 is 10.4. The van der Waals surface area contributed by atoms with Gasteiger partial charge >= 0.3 is 0 Å². The first-order valence-corrected chi connectivity index (χ1v) is 4.93. The summed E-state index contributed by atoms with van der Waals surface area (Å²) in [6.07, 6.45) is 4.68. The van der Waals surface area contributed by atoms with Crippen LogP contribution in [-0.4, -0.2) is 31.1 Å². The van der Waals surface area contributed by atoms with E-state index in [1.807, 2.05) is 24.2 Å². The van der Waals surface area contributed by atoms with E-state index in [2.05, 4.69) is 0 Å². The van der Waals surface area contributed by atoms with E-state index in [0.717, 1.165) is 24.1 Å². The predicted molar refractivity (Wildman–Crippen MR) is 52.5 cm³/mol. The molecule has 4 heteroatoms. The standard InChI is InChI=1S/C11H11NO3/c1-12-3-2-7-4-9-11(15-6-14-9)10(13)8(7)5-12/h4-5H,2-3,6H2,1H3. The highest BCUT2D eigenvalue weighted by molar-refractivity contribution is 6.12. The Kier molecular flexibility index (Phi) is 1.65. The molecule has 0 N–H and O–H groups in total. The first-order valence-electron chi connectivity index (χ1n) is 4.93. The molecule has 0 bridgehead atoms. The molecule has 3 aliphatic rings. The second-order valence-corrected chi connectivity index (χ2v) is 3.87. The molecule has 1 aliphatic carbocycles. The van der Waals surface area contributed by atoms with E-state index < -0.39 is 0 Å². The van der Waals surface area contributed by atoms with Gasteiger partial charge in [0, 0.05) is 25.4 Å². The first kappa shape index (κ1) is 8.59. The Balaban J connectivity index is 2.09. The fourth-order valence-corrected chi connectivity index (χ4v) is 2.01. The van der Waals surface area contributed by atoms with E-state index in [0.29, 0.717) is 11.5 Å². The van der Waals surface area contributed by atoms with Gasteiger partial charge in [-0.3, -0.25) is 4.79 Å². The van der Waals surface area contributed by atoms with Crippen LogP contribution in [0.2, 0.25) is 0 Å². The van der Waals surface area contributed by atoms with E-state index >= 15 is 0 Å².